The van der Waals surface area contributed by atoms with E-state index in [1.807, 2.05) is 30.3 Å². The Balaban J connectivity index is 0.000000234. The minimum Gasteiger partial charge on any atom is -0.507 e. The average Bonchev–Trinajstić information content (AvgIpc) is 2.67. The van der Waals surface area contributed by atoms with Crippen molar-refractivity contribution in [3.8, 4) is 23.0 Å². The number of Topliss-reactive ketones (excluding diaryl/α,β-unsaturated/α-hetero) is 2. The highest BCUT2D eigenvalue weighted by atomic mass is 16.5. The summed E-state index contributed by atoms with van der Waals surface area (Å²) in [6.45, 7) is 3.06. The number of hydrogen-bond acceptors (Lipinski definition) is 6. The van der Waals surface area contributed by atoms with Crippen molar-refractivity contribution < 1.29 is 29.6 Å². The second-order valence-electron chi connectivity index (χ2n) is 6.21. The number of carbonyl (C=O) groups is 2. The number of benzene rings is 3. The second kappa shape index (κ2) is 9.94. The van der Waals surface area contributed by atoms with Crippen molar-refractivity contribution in [2.45, 2.75) is 20.5 Å². The standard InChI is InChI=1S/C15H14O3.C8H8O3/c1-11(16)15-13(17)8-5-9-14(15)18-10-12-6-3-2-4-7-12;1-5(9)8-6(10)3-2-4-7(8)11/h2-9,17H,10H2,1H3;2-4,10-11H,1H3. The lowest BCUT2D eigenvalue weighted by molar-refractivity contribution is 0.0998. The van der Waals surface area contributed by atoms with Gasteiger partial charge in [0.05, 0.1) is 0 Å². The van der Waals surface area contributed by atoms with Gasteiger partial charge in [-0.1, -0.05) is 42.5 Å². The summed E-state index contributed by atoms with van der Waals surface area (Å²) < 4.78 is 5.58. The number of aromatic hydroxyl groups is 3. The van der Waals surface area contributed by atoms with Crippen molar-refractivity contribution in [1.82, 2.24) is 0 Å². The number of phenolic OH excluding ortho intramolecular Hbond substituents is 3. The zero-order valence-corrected chi connectivity index (χ0v) is 16.1. The van der Waals surface area contributed by atoms with Gasteiger partial charge in [0.25, 0.3) is 0 Å². The molecule has 0 unspecified atom stereocenters. The molecule has 0 saturated carbocycles. The first-order valence-corrected chi connectivity index (χ1v) is 8.82. The van der Waals surface area contributed by atoms with E-state index in [9.17, 15) is 14.7 Å². The van der Waals surface area contributed by atoms with Gasteiger partial charge < -0.3 is 20.1 Å². The Bertz CT molecular complexity index is 975. The smallest absolute Gasteiger partial charge is 0.167 e. The zero-order chi connectivity index (χ0) is 21.4. The van der Waals surface area contributed by atoms with Crippen LogP contribution in [0.4, 0.5) is 0 Å². The summed E-state index contributed by atoms with van der Waals surface area (Å²) in [6.07, 6.45) is 0. The van der Waals surface area contributed by atoms with E-state index in [-0.39, 0.29) is 39.9 Å². The third-order valence-electron chi connectivity index (χ3n) is 3.97. The first-order valence-electron chi connectivity index (χ1n) is 8.82. The van der Waals surface area contributed by atoms with Gasteiger partial charge in [-0.15, -0.1) is 0 Å². The van der Waals surface area contributed by atoms with Gasteiger partial charge >= 0.3 is 0 Å². The van der Waals surface area contributed by atoms with Crippen molar-refractivity contribution in [3.63, 3.8) is 0 Å². The van der Waals surface area contributed by atoms with E-state index in [4.69, 9.17) is 14.9 Å². The van der Waals surface area contributed by atoms with Crippen molar-refractivity contribution in [1.29, 1.82) is 0 Å². The van der Waals surface area contributed by atoms with Crippen LogP contribution in [0.2, 0.25) is 0 Å². The molecule has 0 aliphatic carbocycles. The maximum Gasteiger partial charge on any atom is 0.167 e. The summed E-state index contributed by atoms with van der Waals surface area (Å²) in [5, 5.41) is 27.8. The number of ether oxygens (including phenoxy) is 1. The molecule has 3 N–H and O–H groups in total. The summed E-state index contributed by atoms with van der Waals surface area (Å²) >= 11 is 0. The van der Waals surface area contributed by atoms with E-state index >= 15 is 0 Å². The van der Waals surface area contributed by atoms with Crippen LogP contribution in [0.15, 0.2) is 66.7 Å². The molecule has 0 fully saturated rings. The Morgan fingerprint density at radius 2 is 1.17 bits per heavy atom. The van der Waals surface area contributed by atoms with Crippen LogP contribution in [-0.4, -0.2) is 26.9 Å². The van der Waals surface area contributed by atoms with E-state index in [1.165, 1.54) is 38.1 Å². The van der Waals surface area contributed by atoms with Gasteiger partial charge in [-0.3, -0.25) is 9.59 Å². The molecule has 0 aliphatic heterocycles. The summed E-state index contributed by atoms with van der Waals surface area (Å²) in [6, 6.07) is 18.7. The minimum atomic E-state index is -0.347. The predicted octanol–water partition coefficient (Wildman–Crippen LogP) is 4.47. The highest BCUT2D eigenvalue weighted by Gasteiger charge is 2.13. The molecule has 6 heteroatoms. The lowest BCUT2D eigenvalue weighted by atomic mass is 10.1. The van der Waals surface area contributed by atoms with Crippen molar-refractivity contribution in [3.05, 3.63) is 83.4 Å². The normalized spacial score (nSPS) is 9.86. The molecule has 3 aromatic rings. The molecule has 0 aliphatic rings. The van der Waals surface area contributed by atoms with E-state index in [1.54, 1.807) is 12.1 Å². The first-order chi connectivity index (χ1) is 13.8. The fraction of sp³-hybridized carbons (Fsp3) is 0.130. The number of carbonyl (C=O) groups excluding carboxylic acids is 2. The van der Waals surface area contributed by atoms with Crippen molar-refractivity contribution in [2.75, 3.05) is 0 Å². The summed E-state index contributed by atoms with van der Waals surface area (Å²) in [4.78, 5) is 22.2. The fourth-order valence-electron chi connectivity index (χ4n) is 2.62. The predicted molar refractivity (Wildman–Crippen MR) is 109 cm³/mol. The van der Waals surface area contributed by atoms with Crippen LogP contribution in [0, 0.1) is 0 Å². The van der Waals surface area contributed by atoms with E-state index in [0.717, 1.165) is 5.56 Å². The van der Waals surface area contributed by atoms with Gasteiger partial charge in [0, 0.05) is 0 Å². The molecule has 0 bridgehead atoms. The molecule has 0 heterocycles. The Hall–Kier alpha value is -3.80. The maximum atomic E-state index is 11.5. The first kappa shape index (κ1) is 21.5. The van der Waals surface area contributed by atoms with Crippen LogP contribution in [0.3, 0.4) is 0 Å². The van der Waals surface area contributed by atoms with Crippen LogP contribution in [-0.2, 0) is 6.61 Å². The number of rotatable bonds is 5. The van der Waals surface area contributed by atoms with Gasteiger partial charge in [0.1, 0.15) is 40.7 Å². The Labute approximate surface area is 168 Å². The Kier molecular flexibility index (Phi) is 7.37. The van der Waals surface area contributed by atoms with E-state index in [2.05, 4.69) is 0 Å². The topological polar surface area (TPSA) is 104 Å². The molecule has 0 spiro atoms. The largest absolute Gasteiger partial charge is 0.507 e. The minimum absolute atomic E-state index is 0.0208. The molecular weight excluding hydrogens is 372 g/mol. The summed E-state index contributed by atoms with van der Waals surface area (Å²) in [7, 11) is 0. The third-order valence-corrected chi connectivity index (χ3v) is 3.97. The molecule has 0 saturated heterocycles. The average molecular weight is 394 g/mol. The summed E-state index contributed by atoms with van der Waals surface area (Å²) in [5.74, 6) is -0.564. The van der Waals surface area contributed by atoms with Crippen LogP contribution in [0.5, 0.6) is 23.0 Å². The molecule has 0 amide bonds. The molecule has 6 nitrogen and oxygen atoms in total. The highest BCUT2D eigenvalue weighted by Crippen LogP contribution is 2.28. The lowest BCUT2D eigenvalue weighted by Gasteiger charge is -2.10. The zero-order valence-electron chi connectivity index (χ0n) is 16.1. The van der Waals surface area contributed by atoms with Gasteiger partial charge in [-0.25, -0.2) is 0 Å². The molecule has 150 valence electrons. The Morgan fingerprint density at radius 3 is 1.66 bits per heavy atom. The van der Waals surface area contributed by atoms with Crippen molar-refractivity contribution in [2.24, 2.45) is 0 Å². The number of ketones is 2. The van der Waals surface area contributed by atoms with Gasteiger partial charge in [0.2, 0.25) is 0 Å². The maximum absolute atomic E-state index is 11.5. The highest BCUT2D eigenvalue weighted by molar-refractivity contribution is 5.99. The third kappa shape index (κ3) is 5.84. The van der Waals surface area contributed by atoms with Crippen molar-refractivity contribution >= 4 is 11.6 Å². The molecule has 0 radical (unpaired) electrons. The quantitative estimate of drug-likeness (QED) is 0.552. The van der Waals surface area contributed by atoms with E-state index < -0.39 is 0 Å². The van der Waals surface area contributed by atoms with Crippen LogP contribution >= 0.6 is 0 Å². The van der Waals surface area contributed by atoms with Crippen LogP contribution in [0.25, 0.3) is 0 Å². The Morgan fingerprint density at radius 1 is 0.690 bits per heavy atom. The molecule has 3 aromatic carbocycles. The van der Waals surface area contributed by atoms with Gasteiger partial charge in [0.15, 0.2) is 11.6 Å². The SMILES string of the molecule is CC(=O)c1c(O)cccc1O.CC(=O)c1c(O)cccc1OCc1ccccc1. The molecule has 3 rings (SSSR count). The number of hydrogen-bond donors (Lipinski definition) is 3. The summed E-state index contributed by atoms with van der Waals surface area (Å²) in [5.41, 5.74) is 1.22. The monoisotopic (exact) mass is 394 g/mol. The van der Waals surface area contributed by atoms with E-state index in [0.29, 0.717) is 12.4 Å². The number of phenols is 3. The van der Waals surface area contributed by atoms with Gasteiger partial charge in [-0.05, 0) is 43.7 Å². The molecular formula is C23H22O6. The van der Waals surface area contributed by atoms with Crippen LogP contribution < -0.4 is 4.74 Å². The van der Waals surface area contributed by atoms with Gasteiger partial charge in [-0.2, -0.15) is 0 Å². The molecule has 0 aromatic heterocycles. The second-order valence-corrected chi connectivity index (χ2v) is 6.21. The lowest BCUT2D eigenvalue weighted by Crippen LogP contribution is -2.01. The van der Waals surface area contributed by atoms with Crippen LogP contribution in [0.1, 0.15) is 40.1 Å². The molecule has 29 heavy (non-hydrogen) atoms. The fourth-order valence-corrected chi connectivity index (χ4v) is 2.62. The molecule has 0 atom stereocenters.